The summed E-state index contributed by atoms with van der Waals surface area (Å²) in [5.41, 5.74) is 5.59. The quantitative estimate of drug-likeness (QED) is 0.710. The van der Waals surface area contributed by atoms with Crippen molar-refractivity contribution in [2.75, 3.05) is 12.9 Å². The van der Waals surface area contributed by atoms with Crippen molar-refractivity contribution in [3.8, 4) is 0 Å². The normalized spacial score (nSPS) is 13.9. The Labute approximate surface area is 86.4 Å². The summed E-state index contributed by atoms with van der Waals surface area (Å²) in [4.78, 5) is 0. The molecule has 0 unspecified atom stereocenters. The van der Waals surface area contributed by atoms with E-state index in [1.54, 1.807) is 0 Å². The van der Waals surface area contributed by atoms with Crippen LogP contribution in [0.2, 0.25) is 0 Å². The van der Waals surface area contributed by atoms with Gasteiger partial charge in [0.2, 0.25) is 0 Å². The lowest BCUT2D eigenvalue weighted by atomic mass is 10.1. The van der Waals surface area contributed by atoms with E-state index in [1.165, 1.54) is 0 Å². The minimum atomic E-state index is -3.33. The Morgan fingerprint density at radius 2 is 1.85 bits per heavy atom. The van der Waals surface area contributed by atoms with Crippen LogP contribution in [-0.4, -0.2) is 27.3 Å². The van der Waals surface area contributed by atoms with Crippen molar-refractivity contribution in [1.82, 2.24) is 0 Å². The predicted molar refractivity (Wildman–Crippen MR) is 55.5 cm³/mol. The van der Waals surface area contributed by atoms with Crippen LogP contribution in [0.4, 0.5) is 0 Å². The molecule has 0 aliphatic carbocycles. The Balaban J connectivity index is 0. The molecule has 0 amide bonds. The minimum Gasteiger partial charge on any atom is -0.326 e. The monoisotopic (exact) mass is 231 g/mol. The molecule has 0 saturated heterocycles. The lowest BCUT2D eigenvalue weighted by molar-refractivity contribution is 0.277. The van der Waals surface area contributed by atoms with Gasteiger partial charge in [0.25, 0.3) is 10.1 Å². The van der Waals surface area contributed by atoms with Crippen molar-refractivity contribution in [3.63, 3.8) is 0 Å². The second-order valence-electron chi connectivity index (χ2n) is 3.38. The molecule has 82 valence electrons. The van der Waals surface area contributed by atoms with Crippen LogP contribution in [0.15, 0.2) is 0 Å². The highest BCUT2D eigenvalue weighted by molar-refractivity contribution is 7.85. The molecule has 0 saturated carbocycles. The number of hydrogen-bond acceptors (Lipinski definition) is 4. The number of halogens is 1. The maximum Gasteiger partial charge on any atom is 0.264 e. The molecule has 0 heterocycles. The van der Waals surface area contributed by atoms with E-state index in [2.05, 4.69) is 4.18 Å². The summed E-state index contributed by atoms with van der Waals surface area (Å²) in [5, 5.41) is 0. The van der Waals surface area contributed by atoms with Crippen molar-refractivity contribution in [2.24, 2.45) is 11.7 Å². The number of nitrogens with two attached hydrogens (primary N) is 1. The van der Waals surface area contributed by atoms with Crippen molar-refractivity contribution in [2.45, 2.75) is 26.3 Å². The topological polar surface area (TPSA) is 69.4 Å². The van der Waals surface area contributed by atoms with Gasteiger partial charge in [0, 0.05) is 6.04 Å². The lowest BCUT2D eigenvalue weighted by Crippen LogP contribution is -2.29. The smallest absolute Gasteiger partial charge is 0.264 e. The van der Waals surface area contributed by atoms with Gasteiger partial charge in [-0.3, -0.25) is 4.18 Å². The summed E-state index contributed by atoms with van der Waals surface area (Å²) in [7, 11) is -3.33. The van der Waals surface area contributed by atoms with Crippen LogP contribution in [-0.2, 0) is 14.3 Å². The standard InChI is InChI=1S/C7H17NO3S.ClH/c1-6(2)4-7(8)5-11-12(3,9)10;/h6-7H,4-5,8H2,1-3H3;1H/t7-;/m0./s1. The van der Waals surface area contributed by atoms with Crippen molar-refractivity contribution in [1.29, 1.82) is 0 Å². The average molecular weight is 232 g/mol. The van der Waals surface area contributed by atoms with Crippen molar-refractivity contribution in [3.05, 3.63) is 0 Å². The fourth-order valence-electron chi connectivity index (χ4n) is 0.885. The first-order chi connectivity index (χ1) is 5.31. The van der Waals surface area contributed by atoms with Gasteiger partial charge in [-0.05, 0) is 12.3 Å². The Morgan fingerprint density at radius 1 is 1.38 bits per heavy atom. The number of hydrogen-bond donors (Lipinski definition) is 1. The molecular formula is C7H18ClNO3S. The molecule has 13 heavy (non-hydrogen) atoms. The maximum atomic E-state index is 10.5. The molecule has 0 aliphatic rings. The van der Waals surface area contributed by atoms with Gasteiger partial charge in [0.1, 0.15) is 0 Å². The zero-order valence-corrected chi connectivity index (χ0v) is 9.82. The van der Waals surface area contributed by atoms with Gasteiger partial charge in [-0.2, -0.15) is 8.42 Å². The number of rotatable bonds is 5. The van der Waals surface area contributed by atoms with Crippen molar-refractivity contribution >= 4 is 22.5 Å². The third-order valence-electron chi connectivity index (χ3n) is 1.27. The van der Waals surface area contributed by atoms with Crippen LogP contribution < -0.4 is 5.73 Å². The highest BCUT2D eigenvalue weighted by Crippen LogP contribution is 2.03. The molecule has 0 spiro atoms. The largest absolute Gasteiger partial charge is 0.326 e. The predicted octanol–water partition coefficient (Wildman–Crippen LogP) is 0.758. The molecule has 0 aromatic heterocycles. The van der Waals surface area contributed by atoms with Crippen molar-refractivity contribution < 1.29 is 12.6 Å². The summed E-state index contributed by atoms with van der Waals surface area (Å²) in [6.07, 6.45) is 1.80. The van der Waals surface area contributed by atoms with E-state index >= 15 is 0 Å². The lowest BCUT2D eigenvalue weighted by Gasteiger charge is -2.12. The molecule has 4 nitrogen and oxygen atoms in total. The highest BCUT2D eigenvalue weighted by Gasteiger charge is 2.09. The van der Waals surface area contributed by atoms with E-state index < -0.39 is 10.1 Å². The Hall–Kier alpha value is 0.160. The molecule has 2 N–H and O–H groups in total. The second kappa shape index (κ2) is 6.59. The minimum absolute atomic E-state index is 0. The first kappa shape index (κ1) is 15.6. The van der Waals surface area contributed by atoms with Gasteiger partial charge in [-0.1, -0.05) is 13.8 Å². The van der Waals surface area contributed by atoms with Crippen LogP contribution in [0.5, 0.6) is 0 Å². The summed E-state index contributed by atoms with van der Waals surface area (Å²) in [6, 6.07) is -0.195. The first-order valence-electron chi connectivity index (χ1n) is 3.91. The Bertz CT molecular complexity index is 216. The van der Waals surface area contributed by atoms with Gasteiger partial charge in [-0.15, -0.1) is 12.4 Å². The highest BCUT2D eigenvalue weighted by atomic mass is 35.5. The third-order valence-corrected chi connectivity index (χ3v) is 1.83. The van der Waals surface area contributed by atoms with Crippen LogP contribution in [0, 0.1) is 5.92 Å². The summed E-state index contributed by atoms with van der Waals surface area (Å²) >= 11 is 0. The van der Waals surface area contributed by atoms with Gasteiger partial charge in [-0.25, -0.2) is 0 Å². The van der Waals surface area contributed by atoms with E-state index in [-0.39, 0.29) is 25.1 Å². The Morgan fingerprint density at radius 3 is 2.15 bits per heavy atom. The van der Waals surface area contributed by atoms with E-state index in [0.717, 1.165) is 12.7 Å². The molecule has 0 aromatic carbocycles. The first-order valence-corrected chi connectivity index (χ1v) is 5.73. The molecule has 0 aromatic rings. The summed E-state index contributed by atoms with van der Waals surface area (Å²) in [5.74, 6) is 0.461. The molecule has 0 fully saturated rings. The van der Waals surface area contributed by atoms with Crippen LogP contribution in [0.25, 0.3) is 0 Å². The van der Waals surface area contributed by atoms with E-state index in [1.807, 2.05) is 13.8 Å². The zero-order chi connectivity index (χ0) is 9.78. The average Bonchev–Trinajstić information content (AvgIpc) is 1.80. The van der Waals surface area contributed by atoms with Crippen LogP contribution in [0.1, 0.15) is 20.3 Å². The third kappa shape index (κ3) is 12.2. The fraction of sp³-hybridized carbons (Fsp3) is 1.00. The van der Waals surface area contributed by atoms with Gasteiger partial charge < -0.3 is 5.73 Å². The van der Waals surface area contributed by atoms with E-state index in [9.17, 15) is 8.42 Å². The van der Waals surface area contributed by atoms with Crippen LogP contribution in [0.3, 0.4) is 0 Å². The molecule has 0 rings (SSSR count). The summed E-state index contributed by atoms with van der Waals surface area (Å²) in [6.45, 7) is 4.14. The maximum absolute atomic E-state index is 10.5. The van der Waals surface area contributed by atoms with Crippen LogP contribution >= 0.6 is 12.4 Å². The van der Waals surface area contributed by atoms with Gasteiger partial charge in [0.15, 0.2) is 0 Å². The van der Waals surface area contributed by atoms with E-state index in [0.29, 0.717) is 5.92 Å². The van der Waals surface area contributed by atoms with E-state index in [4.69, 9.17) is 5.73 Å². The van der Waals surface area contributed by atoms with Gasteiger partial charge >= 0.3 is 0 Å². The zero-order valence-electron chi connectivity index (χ0n) is 8.19. The molecule has 0 radical (unpaired) electrons. The van der Waals surface area contributed by atoms with Gasteiger partial charge in [0.05, 0.1) is 12.9 Å². The molecular weight excluding hydrogens is 214 g/mol. The summed E-state index contributed by atoms with van der Waals surface area (Å²) < 4.78 is 25.6. The SMILES string of the molecule is CC(C)C[C@H](N)COS(C)(=O)=O.Cl. The fourth-order valence-corrected chi connectivity index (χ4v) is 1.31. The Kier molecular flexibility index (Phi) is 7.92. The molecule has 0 aliphatic heterocycles. The second-order valence-corrected chi connectivity index (χ2v) is 5.02. The molecule has 6 heteroatoms. The molecule has 1 atom stereocenters. The molecule has 0 bridgehead atoms.